The van der Waals surface area contributed by atoms with Gasteiger partial charge in [-0.05, 0) is 42.7 Å². The molecule has 0 saturated carbocycles. The van der Waals surface area contributed by atoms with Crippen molar-refractivity contribution < 1.29 is 18.4 Å². The molecule has 4 aromatic rings. The quantitative estimate of drug-likeness (QED) is 0.331. The minimum atomic E-state index is -0.599. The Morgan fingerprint density at radius 1 is 1.05 bits per heavy atom. The molecule has 7 nitrogen and oxygen atoms in total. The summed E-state index contributed by atoms with van der Waals surface area (Å²) in [6, 6.07) is 20.7. The Kier molecular flexibility index (Phi) is 6.72. The van der Waals surface area contributed by atoms with Crippen LogP contribution in [0.25, 0.3) is 17.0 Å². The van der Waals surface area contributed by atoms with Gasteiger partial charge in [0.05, 0.1) is 25.3 Å². The molecule has 5 rings (SSSR count). The Balaban J connectivity index is 1.58. The zero-order chi connectivity index (χ0) is 25.9. The molecule has 2 amide bonds. The lowest BCUT2D eigenvalue weighted by Gasteiger charge is -2.35. The van der Waals surface area contributed by atoms with E-state index in [0.717, 1.165) is 17.5 Å². The zero-order valence-corrected chi connectivity index (χ0v) is 20.9. The number of amides is 2. The molecule has 1 aromatic heterocycles. The minimum Gasteiger partial charge on any atom is -0.496 e. The third kappa shape index (κ3) is 4.82. The van der Waals surface area contributed by atoms with Crippen LogP contribution in [0.4, 0.5) is 9.18 Å². The fraction of sp³-hybridized carbons (Fsp3) is 0.207. The summed E-state index contributed by atoms with van der Waals surface area (Å²) in [6.45, 7) is 4.22. The summed E-state index contributed by atoms with van der Waals surface area (Å²) < 4.78 is 24.9. The number of rotatable bonds is 7. The minimum absolute atomic E-state index is 0.279. The molecule has 0 bridgehead atoms. The Labute approximate surface area is 214 Å². The second-order valence-electron chi connectivity index (χ2n) is 8.80. The van der Waals surface area contributed by atoms with Crippen LogP contribution < -0.4 is 10.1 Å². The number of nitrogens with zero attached hydrogens (tertiary/aromatic N) is 3. The lowest BCUT2D eigenvalue weighted by Crippen LogP contribution is -2.45. The number of para-hydroxylation sites is 1. The van der Waals surface area contributed by atoms with E-state index in [-0.39, 0.29) is 24.3 Å². The number of carbonyl (C=O) groups excluding carboxylic acids is 1. The number of hydrogen-bond donors (Lipinski definition) is 1. The number of halogens is 1. The van der Waals surface area contributed by atoms with Crippen LogP contribution in [0.5, 0.6) is 5.75 Å². The first-order valence-corrected chi connectivity index (χ1v) is 12.1. The number of allylic oxidation sites excluding steroid dienone is 1. The number of aromatic nitrogens is 2. The number of hydrogen-bond acceptors (Lipinski definition) is 5. The van der Waals surface area contributed by atoms with Gasteiger partial charge < -0.3 is 14.6 Å². The van der Waals surface area contributed by atoms with Crippen LogP contribution in [0, 0.1) is 5.82 Å². The van der Waals surface area contributed by atoms with Crippen molar-refractivity contribution in [1.29, 1.82) is 0 Å². The van der Waals surface area contributed by atoms with Crippen molar-refractivity contribution in [2.45, 2.75) is 32.9 Å². The van der Waals surface area contributed by atoms with E-state index in [1.165, 1.54) is 17.7 Å². The van der Waals surface area contributed by atoms with Gasteiger partial charge in [-0.3, -0.25) is 4.90 Å². The summed E-state index contributed by atoms with van der Waals surface area (Å²) in [6.07, 6.45) is 0.935. The highest BCUT2D eigenvalue weighted by molar-refractivity contribution is 5.87. The standard InChI is InChI=1S/C29H27FN4O3/c1-4-19-9-11-21(12-10-19)27-32-28(37-33-27)25-18(2)34(17-22-7-5-6-8-24(22)36-3)29(35)31-26(25)20-13-15-23(30)16-14-20/h5-16,26H,4,17H2,1-3H3,(H,31,35). The van der Waals surface area contributed by atoms with Gasteiger partial charge in [-0.1, -0.05) is 66.7 Å². The van der Waals surface area contributed by atoms with E-state index < -0.39 is 6.04 Å². The van der Waals surface area contributed by atoms with Gasteiger partial charge in [-0.25, -0.2) is 9.18 Å². The number of urea groups is 1. The van der Waals surface area contributed by atoms with Crippen molar-refractivity contribution in [1.82, 2.24) is 20.4 Å². The fourth-order valence-corrected chi connectivity index (χ4v) is 4.50. The molecule has 1 aliphatic heterocycles. The van der Waals surface area contributed by atoms with Crippen LogP contribution in [0.15, 0.2) is 83.0 Å². The third-order valence-corrected chi connectivity index (χ3v) is 6.60. The number of nitrogens with one attached hydrogen (secondary N) is 1. The highest BCUT2D eigenvalue weighted by atomic mass is 19.1. The van der Waals surface area contributed by atoms with Crippen LogP contribution in [0.2, 0.25) is 0 Å². The Bertz CT molecular complexity index is 1440. The smallest absolute Gasteiger partial charge is 0.322 e. The first kappa shape index (κ1) is 24.2. The number of carbonyl (C=O) groups is 1. The number of benzene rings is 3. The van der Waals surface area contributed by atoms with Gasteiger partial charge in [0.2, 0.25) is 5.82 Å². The van der Waals surface area contributed by atoms with E-state index in [2.05, 4.69) is 17.4 Å². The summed E-state index contributed by atoms with van der Waals surface area (Å²) in [4.78, 5) is 19.6. The first-order chi connectivity index (χ1) is 18.0. The maximum Gasteiger partial charge on any atom is 0.322 e. The Hall–Kier alpha value is -4.46. The molecule has 2 heterocycles. The highest BCUT2D eigenvalue weighted by Gasteiger charge is 2.36. The van der Waals surface area contributed by atoms with Gasteiger partial charge in [0.25, 0.3) is 5.89 Å². The molecule has 1 N–H and O–H groups in total. The fourth-order valence-electron chi connectivity index (χ4n) is 4.50. The van der Waals surface area contributed by atoms with Crippen molar-refractivity contribution in [3.63, 3.8) is 0 Å². The summed E-state index contributed by atoms with van der Waals surface area (Å²) in [5.41, 5.74) is 4.89. The van der Waals surface area contributed by atoms with Gasteiger partial charge in [-0.15, -0.1) is 0 Å². The largest absolute Gasteiger partial charge is 0.496 e. The molecular weight excluding hydrogens is 471 g/mol. The molecule has 1 aliphatic rings. The molecule has 1 unspecified atom stereocenters. The van der Waals surface area contributed by atoms with Crippen molar-refractivity contribution >= 4 is 11.6 Å². The monoisotopic (exact) mass is 498 g/mol. The van der Waals surface area contributed by atoms with Crippen LogP contribution in [0.1, 0.15) is 42.5 Å². The van der Waals surface area contributed by atoms with Crippen molar-refractivity contribution in [3.05, 3.63) is 107 Å². The molecule has 1 atom stereocenters. The van der Waals surface area contributed by atoms with E-state index in [4.69, 9.17) is 14.2 Å². The molecule has 37 heavy (non-hydrogen) atoms. The van der Waals surface area contributed by atoms with Crippen molar-refractivity contribution in [2.24, 2.45) is 0 Å². The van der Waals surface area contributed by atoms with Crippen molar-refractivity contribution in [3.8, 4) is 17.1 Å². The molecule has 3 aromatic carbocycles. The highest BCUT2D eigenvalue weighted by Crippen LogP contribution is 2.38. The molecule has 8 heteroatoms. The summed E-state index contributed by atoms with van der Waals surface area (Å²) in [5, 5.41) is 7.26. The van der Waals surface area contributed by atoms with Crippen LogP contribution in [-0.2, 0) is 13.0 Å². The number of ether oxygens (including phenoxy) is 1. The normalized spacial score (nSPS) is 15.6. The Morgan fingerprint density at radius 2 is 1.78 bits per heavy atom. The van der Waals surface area contributed by atoms with E-state index in [0.29, 0.717) is 28.4 Å². The van der Waals surface area contributed by atoms with Crippen LogP contribution in [-0.4, -0.2) is 28.2 Å². The lowest BCUT2D eigenvalue weighted by molar-refractivity contribution is 0.202. The Morgan fingerprint density at radius 3 is 2.49 bits per heavy atom. The second-order valence-corrected chi connectivity index (χ2v) is 8.80. The molecular formula is C29H27FN4O3. The average molecular weight is 499 g/mol. The van der Waals surface area contributed by atoms with E-state index in [1.807, 2.05) is 55.5 Å². The number of aryl methyl sites for hydroxylation is 1. The maximum absolute atomic E-state index is 13.7. The van der Waals surface area contributed by atoms with Gasteiger partial charge in [-0.2, -0.15) is 4.98 Å². The van der Waals surface area contributed by atoms with E-state index >= 15 is 0 Å². The number of methoxy groups -OCH3 is 1. The molecule has 0 saturated heterocycles. The lowest BCUT2D eigenvalue weighted by atomic mass is 9.94. The van der Waals surface area contributed by atoms with Crippen LogP contribution >= 0.6 is 0 Å². The molecule has 0 fully saturated rings. The van der Waals surface area contributed by atoms with Gasteiger partial charge in [0, 0.05) is 16.8 Å². The summed E-state index contributed by atoms with van der Waals surface area (Å²) >= 11 is 0. The predicted octanol–water partition coefficient (Wildman–Crippen LogP) is 6.14. The van der Waals surface area contributed by atoms with Gasteiger partial charge >= 0.3 is 6.03 Å². The maximum atomic E-state index is 13.7. The third-order valence-electron chi connectivity index (χ3n) is 6.60. The van der Waals surface area contributed by atoms with Gasteiger partial charge in [0.1, 0.15) is 11.6 Å². The van der Waals surface area contributed by atoms with Crippen LogP contribution in [0.3, 0.4) is 0 Å². The molecule has 0 aliphatic carbocycles. The predicted molar refractivity (Wildman–Crippen MR) is 138 cm³/mol. The van der Waals surface area contributed by atoms with Crippen molar-refractivity contribution in [2.75, 3.05) is 7.11 Å². The first-order valence-electron chi connectivity index (χ1n) is 12.1. The molecule has 0 spiro atoms. The van der Waals surface area contributed by atoms with E-state index in [1.54, 1.807) is 24.1 Å². The zero-order valence-electron chi connectivity index (χ0n) is 20.9. The summed E-state index contributed by atoms with van der Waals surface area (Å²) in [7, 11) is 1.60. The average Bonchev–Trinajstić information content (AvgIpc) is 3.41. The van der Waals surface area contributed by atoms with E-state index in [9.17, 15) is 9.18 Å². The molecule has 188 valence electrons. The van der Waals surface area contributed by atoms with Gasteiger partial charge in [0.15, 0.2) is 0 Å². The SMILES string of the molecule is CCc1ccc(-c2noc(C3=C(C)N(Cc4ccccc4OC)C(=O)NC3c3ccc(F)cc3)n2)cc1. The second kappa shape index (κ2) is 10.3. The topological polar surface area (TPSA) is 80.5 Å². The summed E-state index contributed by atoms with van der Waals surface area (Å²) in [5.74, 6) is 1.05. The molecule has 0 radical (unpaired) electrons.